The number of nitrogens with zero attached hydrogens (tertiary/aromatic N) is 1. The van der Waals surface area contributed by atoms with Crippen molar-refractivity contribution in [1.29, 1.82) is 0 Å². The van der Waals surface area contributed by atoms with Crippen LogP contribution >= 0.6 is 23.2 Å². The molecule has 140 valence electrons. The van der Waals surface area contributed by atoms with E-state index in [1.54, 1.807) is 29.2 Å². The standard InChI is InChI=1S/C21H19Cl2NO3/c22-17-6-3-7-18(23)21(17)24-13-14(8-10-19(24)25)12-16-5-2-1-4-15(16)9-11-20(26)27/h1-7,9,11,14H,8,10,12-13H2,(H,26,27)/b11-9+. The highest BCUT2D eigenvalue weighted by Gasteiger charge is 2.29. The number of hydrogen-bond donors (Lipinski definition) is 1. The molecule has 0 radical (unpaired) electrons. The molecule has 1 heterocycles. The van der Waals surface area contributed by atoms with Crippen molar-refractivity contribution in [3.8, 4) is 0 Å². The Morgan fingerprint density at radius 1 is 1.15 bits per heavy atom. The van der Waals surface area contributed by atoms with E-state index in [1.807, 2.05) is 24.3 Å². The summed E-state index contributed by atoms with van der Waals surface area (Å²) in [5.41, 5.74) is 2.49. The van der Waals surface area contributed by atoms with E-state index in [0.29, 0.717) is 28.7 Å². The number of rotatable bonds is 5. The SMILES string of the molecule is O=C(O)/C=C/c1ccccc1CC1CCC(=O)N(c2c(Cl)cccc2Cl)C1. The van der Waals surface area contributed by atoms with Crippen LogP contribution in [-0.2, 0) is 16.0 Å². The van der Waals surface area contributed by atoms with Crippen LogP contribution in [0.25, 0.3) is 6.08 Å². The Morgan fingerprint density at radius 3 is 2.56 bits per heavy atom. The van der Waals surface area contributed by atoms with Crippen molar-refractivity contribution < 1.29 is 14.7 Å². The lowest BCUT2D eigenvalue weighted by Crippen LogP contribution is -2.41. The van der Waals surface area contributed by atoms with Gasteiger partial charge in [0.25, 0.3) is 0 Å². The first-order chi connectivity index (χ1) is 13.0. The molecule has 3 rings (SSSR count). The molecule has 2 aromatic rings. The van der Waals surface area contributed by atoms with Crippen LogP contribution in [0.3, 0.4) is 0 Å². The lowest BCUT2D eigenvalue weighted by Gasteiger charge is -2.34. The first-order valence-electron chi connectivity index (χ1n) is 8.69. The molecule has 6 heteroatoms. The quantitative estimate of drug-likeness (QED) is 0.708. The minimum atomic E-state index is -0.979. The van der Waals surface area contributed by atoms with Crippen LogP contribution in [0.4, 0.5) is 5.69 Å². The number of carboxylic acids is 1. The number of aliphatic carboxylic acids is 1. The van der Waals surface area contributed by atoms with E-state index in [2.05, 4.69) is 0 Å². The van der Waals surface area contributed by atoms with Crippen LogP contribution in [0, 0.1) is 5.92 Å². The maximum Gasteiger partial charge on any atom is 0.328 e. The van der Waals surface area contributed by atoms with Crippen LogP contribution in [0.5, 0.6) is 0 Å². The van der Waals surface area contributed by atoms with Gasteiger partial charge in [-0.1, -0.05) is 53.5 Å². The number of halogens is 2. The lowest BCUT2D eigenvalue weighted by atomic mass is 9.88. The van der Waals surface area contributed by atoms with E-state index in [0.717, 1.165) is 30.0 Å². The second kappa shape index (κ2) is 8.59. The van der Waals surface area contributed by atoms with E-state index in [9.17, 15) is 9.59 Å². The van der Waals surface area contributed by atoms with Gasteiger partial charge in [-0.05, 0) is 48.1 Å². The van der Waals surface area contributed by atoms with Gasteiger partial charge in [0, 0.05) is 19.0 Å². The molecule has 0 spiro atoms. The van der Waals surface area contributed by atoms with Gasteiger partial charge in [-0.2, -0.15) is 0 Å². The first-order valence-corrected chi connectivity index (χ1v) is 9.44. The molecule has 1 N–H and O–H groups in total. The Hall–Kier alpha value is -2.30. The normalized spacial score (nSPS) is 17.5. The van der Waals surface area contributed by atoms with E-state index < -0.39 is 5.97 Å². The Bertz CT molecular complexity index is 874. The molecule has 1 aliphatic heterocycles. The first kappa shape index (κ1) is 19.5. The average Bonchev–Trinajstić information content (AvgIpc) is 2.63. The third kappa shape index (κ3) is 4.71. The molecule has 1 unspecified atom stereocenters. The number of hydrogen-bond acceptors (Lipinski definition) is 2. The minimum Gasteiger partial charge on any atom is -0.478 e. The zero-order valence-corrected chi connectivity index (χ0v) is 16.1. The Kier molecular flexibility index (Phi) is 6.19. The third-order valence-corrected chi connectivity index (χ3v) is 5.29. The van der Waals surface area contributed by atoms with Gasteiger partial charge in [-0.3, -0.25) is 4.79 Å². The van der Waals surface area contributed by atoms with E-state index in [1.165, 1.54) is 0 Å². The number of anilines is 1. The van der Waals surface area contributed by atoms with Crippen molar-refractivity contribution in [3.05, 3.63) is 69.7 Å². The van der Waals surface area contributed by atoms with Gasteiger partial charge in [-0.25, -0.2) is 4.79 Å². The smallest absolute Gasteiger partial charge is 0.328 e. The monoisotopic (exact) mass is 403 g/mol. The van der Waals surface area contributed by atoms with Crippen molar-refractivity contribution >= 4 is 46.8 Å². The molecule has 1 atom stereocenters. The Balaban J connectivity index is 1.82. The molecule has 4 nitrogen and oxygen atoms in total. The number of carboxylic acid groups (broad SMARTS) is 1. The van der Waals surface area contributed by atoms with E-state index >= 15 is 0 Å². The molecule has 0 aliphatic carbocycles. The van der Waals surface area contributed by atoms with Crippen LogP contribution in [0.2, 0.25) is 10.0 Å². The minimum absolute atomic E-state index is 0.0142. The summed E-state index contributed by atoms with van der Waals surface area (Å²) in [6.07, 6.45) is 4.69. The topological polar surface area (TPSA) is 57.6 Å². The molecule has 1 amide bonds. The summed E-state index contributed by atoms with van der Waals surface area (Å²) >= 11 is 12.6. The van der Waals surface area contributed by atoms with Crippen molar-refractivity contribution in [2.45, 2.75) is 19.3 Å². The Labute approximate surface area is 168 Å². The van der Waals surface area contributed by atoms with Gasteiger partial charge in [-0.15, -0.1) is 0 Å². The number of carbonyl (C=O) groups excluding carboxylic acids is 1. The number of para-hydroxylation sites is 1. The third-order valence-electron chi connectivity index (χ3n) is 4.68. The summed E-state index contributed by atoms with van der Waals surface area (Å²) < 4.78 is 0. The lowest BCUT2D eigenvalue weighted by molar-refractivity contribution is -0.131. The molecule has 1 fully saturated rings. The zero-order chi connectivity index (χ0) is 19.4. The van der Waals surface area contributed by atoms with Crippen molar-refractivity contribution in [2.75, 3.05) is 11.4 Å². The molecule has 0 bridgehead atoms. The van der Waals surface area contributed by atoms with Gasteiger partial charge in [0.1, 0.15) is 0 Å². The van der Waals surface area contributed by atoms with Crippen molar-refractivity contribution in [3.63, 3.8) is 0 Å². The summed E-state index contributed by atoms with van der Waals surface area (Å²) in [5, 5.41) is 9.79. The molecule has 27 heavy (non-hydrogen) atoms. The average molecular weight is 404 g/mol. The number of amides is 1. The van der Waals surface area contributed by atoms with Crippen LogP contribution < -0.4 is 4.90 Å². The zero-order valence-electron chi connectivity index (χ0n) is 14.6. The molecule has 0 aromatic heterocycles. The van der Waals surface area contributed by atoms with Gasteiger partial charge in [0.2, 0.25) is 5.91 Å². The largest absolute Gasteiger partial charge is 0.478 e. The van der Waals surface area contributed by atoms with Gasteiger partial charge < -0.3 is 10.0 Å². The van der Waals surface area contributed by atoms with Crippen LogP contribution in [0.15, 0.2) is 48.5 Å². The highest BCUT2D eigenvalue weighted by Crippen LogP contribution is 2.37. The fourth-order valence-corrected chi connectivity index (χ4v) is 4.00. The van der Waals surface area contributed by atoms with E-state index in [-0.39, 0.29) is 11.8 Å². The van der Waals surface area contributed by atoms with E-state index in [4.69, 9.17) is 28.3 Å². The second-order valence-corrected chi connectivity index (χ2v) is 7.37. The number of piperidine rings is 1. The highest BCUT2D eigenvalue weighted by molar-refractivity contribution is 6.39. The summed E-state index contributed by atoms with van der Waals surface area (Å²) in [6.45, 7) is 0.527. The van der Waals surface area contributed by atoms with Gasteiger partial charge in [0.15, 0.2) is 0 Å². The van der Waals surface area contributed by atoms with Gasteiger partial charge in [0.05, 0.1) is 15.7 Å². The molecule has 1 aliphatic rings. The van der Waals surface area contributed by atoms with Crippen molar-refractivity contribution in [1.82, 2.24) is 0 Å². The van der Waals surface area contributed by atoms with Gasteiger partial charge >= 0.3 is 5.97 Å². The summed E-state index contributed by atoms with van der Waals surface area (Å²) in [5.74, 6) is -0.734. The van der Waals surface area contributed by atoms with Crippen LogP contribution in [0.1, 0.15) is 24.0 Å². The maximum atomic E-state index is 12.5. The highest BCUT2D eigenvalue weighted by atomic mass is 35.5. The summed E-state index contributed by atoms with van der Waals surface area (Å²) in [7, 11) is 0. The predicted molar refractivity (Wildman–Crippen MR) is 108 cm³/mol. The summed E-state index contributed by atoms with van der Waals surface area (Å²) in [4.78, 5) is 25.0. The number of benzene rings is 2. The molecular formula is C21H19Cl2NO3. The molecule has 1 saturated heterocycles. The second-order valence-electron chi connectivity index (χ2n) is 6.55. The fraction of sp³-hybridized carbons (Fsp3) is 0.238. The molecule has 0 saturated carbocycles. The predicted octanol–water partition coefficient (Wildman–Crippen LogP) is 5.08. The van der Waals surface area contributed by atoms with Crippen molar-refractivity contribution in [2.24, 2.45) is 5.92 Å². The maximum absolute atomic E-state index is 12.5. The molecular weight excluding hydrogens is 385 g/mol. The molecule has 2 aromatic carbocycles. The van der Waals surface area contributed by atoms with Crippen LogP contribution in [-0.4, -0.2) is 23.5 Å². The number of carbonyl (C=O) groups is 2. The fourth-order valence-electron chi connectivity index (χ4n) is 3.40. The Morgan fingerprint density at radius 2 is 1.85 bits per heavy atom. The summed E-state index contributed by atoms with van der Waals surface area (Å²) in [6, 6.07) is 12.9.